The van der Waals surface area contributed by atoms with Crippen LogP contribution in [0, 0.1) is 0 Å². The Bertz CT molecular complexity index is 296. The number of carbonyl (C=O) groups is 1. The first-order valence-corrected chi connectivity index (χ1v) is 3.13. The quantitative estimate of drug-likeness (QED) is 0.571. The fraction of sp³-hybridized carbons (Fsp3) is 0.143. The summed E-state index contributed by atoms with van der Waals surface area (Å²) in [4.78, 5) is 14.6. The molecule has 0 saturated carbocycles. The summed E-state index contributed by atoms with van der Waals surface area (Å²) in [5.41, 5.74) is 12.0. The molecular formula is C7H9N3O. The van der Waals surface area contributed by atoms with Crippen molar-refractivity contribution in [1.29, 1.82) is 0 Å². The highest BCUT2D eigenvalue weighted by atomic mass is 16.1. The maximum Gasteiger partial charge on any atom is 0.163 e. The van der Waals surface area contributed by atoms with Gasteiger partial charge in [0.1, 0.15) is 0 Å². The molecule has 0 amide bonds. The Kier molecular flexibility index (Phi) is 1.76. The van der Waals surface area contributed by atoms with E-state index in [1.807, 2.05) is 0 Å². The van der Waals surface area contributed by atoms with Crippen LogP contribution in [-0.2, 0) is 0 Å². The number of pyridine rings is 1. The number of Topliss-reactive ketones (excluding diaryl/α,β-unsaturated/α-hetero) is 1. The Hall–Kier alpha value is -1.58. The number of hydrogen-bond donors (Lipinski definition) is 2. The molecule has 1 heterocycles. The Morgan fingerprint density at radius 3 is 2.55 bits per heavy atom. The van der Waals surface area contributed by atoms with E-state index >= 15 is 0 Å². The summed E-state index contributed by atoms with van der Waals surface area (Å²) >= 11 is 0. The fourth-order valence-electron chi connectivity index (χ4n) is 0.767. The third kappa shape index (κ3) is 1.29. The second-order valence-electron chi connectivity index (χ2n) is 2.25. The van der Waals surface area contributed by atoms with Gasteiger partial charge in [0.05, 0.1) is 23.1 Å². The molecule has 0 spiro atoms. The van der Waals surface area contributed by atoms with Crippen molar-refractivity contribution in [1.82, 2.24) is 4.98 Å². The average Bonchev–Trinajstić information content (AvgIpc) is 1.94. The van der Waals surface area contributed by atoms with Gasteiger partial charge in [-0.3, -0.25) is 9.78 Å². The SMILES string of the molecule is CC(=O)c1cncc(N)c1N. The maximum atomic E-state index is 10.8. The number of hydrogen-bond acceptors (Lipinski definition) is 4. The lowest BCUT2D eigenvalue weighted by molar-refractivity contribution is 0.101. The van der Waals surface area contributed by atoms with E-state index in [4.69, 9.17) is 11.5 Å². The third-order valence-corrected chi connectivity index (χ3v) is 1.40. The summed E-state index contributed by atoms with van der Waals surface area (Å²) in [6.45, 7) is 1.42. The molecule has 0 aromatic carbocycles. The predicted octanol–water partition coefficient (Wildman–Crippen LogP) is 0.449. The van der Waals surface area contributed by atoms with Crippen molar-refractivity contribution in [2.24, 2.45) is 0 Å². The highest BCUT2D eigenvalue weighted by Crippen LogP contribution is 2.17. The first kappa shape index (κ1) is 7.53. The van der Waals surface area contributed by atoms with Crippen molar-refractivity contribution in [2.75, 3.05) is 11.5 Å². The summed E-state index contributed by atoms with van der Waals surface area (Å²) in [7, 11) is 0. The lowest BCUT2D eigenvalue weighted by atomic mass is 10.1. The molecule has 1 aromatic rings. The van der Waals surface area contributed by atoms with Gasteiger partial charge >= 0.3 is 0 Å². The first-order valence-electron chi connectivity index (χ1n) is 3.13. The van der Waals surface area contributed by atoms with Crippen LogP contribution in [0.4, 0.5) is 11.4 Å². The Morgan fingerprint density at radius 1 is 1.45 bits per heavy atom. The number of anilines is 2. The van der Waals surface area contributed by atoms with E-state index in [-0.39, 0.29) is 5.78 Å². The number of aromatic nitrogens is 1. The van der Waals surface area contributed by atoms with E-state index in [1.54, 1.807) is 0 Å². The van der Waals surface area contributed by atoms with Crippen LogP contribution in [0.15, 0.2) is 12.4 Å². The number of rotatable bonds is 1. The molecule has 4 nitrogen and oxygen atoms in total. The van der Waals surface area contributed by atoms with E-state index in [1.165, 1.54) is 19.3 Å². The fourth-order valence-corrected chi connectivity index (χ4v) is 0.767. The number of nitrogens with zero attached hydrogens (tertiary/aromatic N) is 1. The van der Waals surface area contributed by atoms with Gasteiger partial charge in [0.2, 0.25) is 0 Å². The van der Waals surface area contributed by atoms with Gasteiger partial charge in [-0.15, -0.1) is 0 Å². The zero-order valence-corrected chi connectivity index (χ0v) is 6.16. The average molecular weight is 151 g/mol. The van der Waals surface area contributed by atoms with Crippen LogP contribution in [0.2, 0.25) is 0 Å². The number of nitrogens with two attached hydrogens (primary N) is 2. The Labute approximate surface area is 64.2 Å². The molecule has 4 N–H and O–H groups in total. The Balaban J connectivity index is 3.27. The molecule has 1 rings (SSSR count). The maximum absolute atomic E-state index is 10.8. The monoisotopic (exact) mass is 151 g/mol. The molecule has 0 radical (unpaired) electrons. The highest BCUT2D eigenvalue weighted by molar-refractivity contribution is 6.00. The molecular weight excluding hydrogens is 142 g/mol. The van der Waals surface area contributed by atoms with E-state index in [0.717, 1.165) is 0 Å². The van der Waals surface area contributed by atoms with E-state index in [0.29, 0.717) is 16.9 Å². The van der Waals surface area contributed by atoms with E-state index < -0.39 is 0 Å². The minimum absolute atomic E-state index is 0.123. The smallest absolute Gasteiger partial charge is 0.163 e. The summed E-state index contributed by atoms with van der Waals surface area (Å²) in [6.07, 6.45) is 2.83. The number of carbonyl (C=O) groups excluding carboxylic acids is 1. The van der Waals surface area contributed by atoms with Crippen molar-refractivity contribution >= 4 is 17.2 Å². The highest BCUT2D eigenvalue weighted by Gasteiger charge is 2.06. The summed E-state index contributed by atoms with van der Waals surface area (Å²) < 4.78 is 0. The Morgan fingerprint density at radius 2 is 2.09 bits per heavy atom. The third-order valence-electron chi connectivity index (χ3n) is 1.40. The zero-order valence-electron chi connectivity index (χ0n) is 6.16. The molecule has 0 unspecified atom stereocenters. The molecule has 4 heteroatoms. The van der Waals surface area contributed by atoms with Crippen molar-refractivity contribution < 1.29 is 4.79 Å². The lowest BCUT2D eigenvalue weighted by Crippen LogP contribution is -2.04. The van der Waals surface area contributed by atoms with Gasteiger partial charge in [-0.1, -0.05) is 0 Å². The topological polar surface area (TPSA) is 82.0 Å². The second kappa shape index (κ2) is 2.57. The van der Waals surface area contributed by atoms with E-state index in [2.05, 4.69) is 4.98 Å². The van der Waals surface area contributed by atoms with Gasteiger partial charge in [0, 0.05) is 6.20 Å². The molecule has 11 heavy (non-hydrogen) atoms. The molecule has 0 atom stereocenters. The molecule has 0 aliphatic rings. The van der Waals surface area contributed by atoms with Gasteiger partial charge in [0.25, 0.3) is 0 Å². The molecule has 0 bridgehead atoms. The molecule has 0 fully saturated rings. The van der Waals surface area contributed by atoms with Crippen molar-refractivity contribution in [3.05, 3.63) is 18.0 Å². The zero-order chi connectivity index (χ0) is 8.43. The van der Waals surface area contributed by atoms with Crippen LogP contribution in [0.1, 0.15) is 17.3 Å². The van der Waals surface area contributed by atoms with Crippen LogP contribution in [0.3, 0.4) is 0 Å². The molecule has 0 aliphatic carbocycles. The number of ketones is 1. The minimum Gasteiger partial charge on any atom is -0.396 e. The van der Waals surface area contributed by atoms with E-state index in [9.17, 15) is 4.79 Å². The van der Waals surface area contributed by atoms with Crippen molar-refractivity contribution in [3.8, 4) is 0 Å². The van der Waals surface area contributed by atoms with Crippen molar-refractivity contribution in [2.45, 2.75) is 6.92 Å². The summed E-state index contributed by atoms with van der Waals surface area (Å²) in [5.74, 6) is -0.123. The van der Waals surface area contributed by atoms with Gasteiger partial charge < -0.3 is 11.5 Å². The van der Waals surface area contributed by atoms with Crippen LogP contribution < -0.4 is 11.5 Å². The van der Waals surface area contributed by atoms with Gasteiger partial charge in [-0.05, 0) is 6.92 Å². The standard InChI is InChI=1S/C7H9N3O/c1-4(11)5-2-10-3-6(8)7(5)9/h2-3H,8H2,1H3,(H2,9,10). The van der Waals surface area contributed by atoms with Crippen LogP contribution >= 0.6 is 0 Å². The molecule has 58 valence electrons. The summed E-state index contributed by atoms with van der Waals surface area (Å²) in [6, 6.07) is 0. The van der Waals surface area contributed by atoms with Gasteiger partial charge in [-0.2, -0.15) is 0 Å². The molecule has 0 aliphatic heterocycles. The van der Waals surface area contributed by atoms with Crippen molar-refractivity contribution in [3.63, 3.8) is 0 Å². The van der Waals surface area contributed by atoms with Gasteiger partial charge in [-0.25, -0.2) is 0 Å². The van der Waals surface area contributed by atoms with Crippen LogP contribution in [0.25, 0.3) is 0 Å². The van der Waals surface area contributed by atoms with Crippen LogP contribution in [0.5, 0.6) is 0 Å². The normalized spacial score (nSPS) is 9.55. The second-order valence-corrected chi connectivity index (χ2v) is 2.25. The molecule has 1 aromatic heterocycles. The first-order chi connectivity index (χ1) is 5.13. The predicted molar refractivity (Wildman–Crippen MR) is 43.1 cm³/mol. The molecule has 0 saturated heterocycles. The lowest BCUT2D eigenvalue weighted by Gasteiger charge is -2.02. The minimum atomic E-state index is -0.123. The van der Waals surface area contributed by atoms with Gasteiger partial charge in [0.15, 0.2) is 5.78 Å². The van der Waals surface area contributed by atoms with Crippen LogP contribution in [-0.4, -0.2) is 10.8 Å². The number of nitrogen functional groups attached to an aromatic ring is 2. The largest absolute Gasteiger partial charge is 0.396 e. The summed E-state index contributed by atoms with van der Waals surface area (Å²) in [5, 5.41) is 0.